The first kappa shape index (κ1) is 26.0. The molecule has 9 heteroatoms. The van der Waals surface area contributed by atoms with E-state index in [1.54, 1.807) is 7.05 Å². The fraction of sp³-hybridized carbons (Fsp3) is 0.708. The van der Waals surface area contributed by atoms with E-state index in [-0.39, 0.29) is 35.9 Å². The summed E-state index contributed by atoms with van der Waals surface area (Å²) in [5, 5.41) is 7.00. The third-order valence-electron chi connectivity index (χ3n) is 7.14. The first-order chi connectivity index (χ1) is 15.6. The monoisotopic (exact) mass is 569 g/mol. The van der Waals surface area contributed by atoms with Crippen LogP contribution < -0.4 is 15.5 Å². The van der Waals surface area contributed by atoms with Crippen molar-refractivity contribution in [3.63, 3.8) is 0 Å². The number of likely N-dealkylation sites (tertiary alicyclic amines) is 1. The number of anilines is 1. The summed E-state index contributed by atoms with van der Waals surface area (Å²) in [6.45, 7) is 6.41. The van der Waals surface area contributed by atoms with E-state index in [1.165, 1.54) is 24.8 Å². The first-order valence-electron chi connectivity index (χ1n) is 12.3. The van der Waals surface area contributed by atoms with Crippen molar-refractivity contribution in [3.05, 3.63) is 23.9 Å². The molecule has 33 heavy (non-hydrogen) atoms. The Morgan fingerprint density at radius 2 is 1.88 bits per heavy atom. The van der Waals surface area contributed by atoms with Crippen molar-refractivity contribution in [3.8, 4) is 0 Å². The number of halogens is 1. The number of hydrogen-bond donors (Lipinski definition) is 2. The van der Waals surface area contributed by atoms with Crippen molar-refractivity contribution >= 4 is 41.7 Å². The average Bonchev–Trinajstić information content (AvgIpc) is 3.31. The number of amides is 1. The highest BCUT2D eigenvalue weighted by Crippen LogP contribution is 2.27. The number of piperazine rings is 1. The minimum atomic E-state index is 0. The van der Waals surface area contributed by atoms with Crippen LogP contribution >= 0.6 is 24.0 Å². The molecular formula is C24H40IN7O. The zero-order valence-corrected chi connectivity index (χ0v) is 22.5. The van der Waals surface area contributed by atoms with Crippen LogP contribution in [0, 0.1) is 5.92 Å². The van der Waals surface area contributed by atoms with Gasteiger partial charge in [0.1, 0.15) is 5.82 Å². The van der Waals surface area contributed by atoms with Gasteiger partial charge in [0, 0.05) is 76.6 Å². The summed E-state index contributed by atoms with van der Waals surface area (Å²) in [6, 6.07) is 4.39. The number of carbonyl (C=O) groups excluding carboxylic acids is 1. The predicted molar refractivity (Wildman–Crippen MR) is 144 cm³/mol. The second kappa shape index (κ2) is 12.7. The van der Waals surface area contributed by atoms with E-state index in [1.807, 2.05) is 12.3 Å². The fourth-order valence-electron chi connectivity index (χ4n) is 5.12. The summed E-state index contributed by atoms with van der Waals surface area (Å²) in [5.41, 5.74) is 1.18. The summed E-state index contributed by atoms with van der Waals surface area (Å²) in [4.78, 5) is 28.7. The molecule has 1 unspecified atom stereocenters. The Balaban J connectivity index is 0.00000306. The van der Waals surface area contributed by atoms with Crippen molar-refractivity contribution in [2.24, 2.45) is 10.9 Å². The molecule has 184 valence electrons. The maximum Gasteiger partial charge on any atom is 0.225 e. The van der Waals surface area contributed by atoms with E-state index in [0.717, 1.165) is 70.3 Å². The molecular weight excluding hydrogens is 529 g/mol. The maximum atomic E-state index is 12.9. The molecule has 0 aromatic carbocycles. The molecule has 2 saturated heterocycles. The van der Waals surface area contributed by atoms with Gasteiger partial charge in [0.25, 0.3) is 0 Å². The number of likely N-dealkylation sites (N-methyl/N-ethyl adjacent to an activating group) is 1. The minimum Gasteiger partial charge on any atom is -0.354 e. The fourth-order valence-corrected chi connectivity index (χ4v) is 5.12. The largest absolute Gasteiger partial charge is 0.354 e. The molecule has 4 rings (SSSR count). The molecule has 1 saturated carbocycles. The molecule has 0 bridgehead atoms. The lowest BCUT2D eigenvalue weighted by molar-refractivity contribution is -0.135. The topological polar surface area (TPSA) is 76.1 Å². The molecule has 1 aromatic heterocycles. The third kappa shape index (κ3) is 6.94. The molecule has 1 aromatic rings. The summed E-state index contributed by atoms with van der Waals surface area (Å²) < 4.78 is 0. The van der Waals surface area contributed by atoms with Gasteiger partial charge in [0.2, 0.25) is 5.91 Å². The zero-order valence-electron chi connectivity index (χ0n) is 20.1. The quantitative estimate of drug-likeness (QED) is 0.322. The molecule has 3 heterocycles. The van der Waals surface area contributed by atoms with Gasteiger partial charge in [-0.05, 0) is 32.4 Å². The summed E-state index contributed by atoms with van der Waals surface area (Å²) in [5.74, 6) is 2.46. The minimum absolute atomic E-state index is 0. The van der Waals surface area contributed by atoms with Gasteiger partial charge in [-0.15, -0.1) is 24.0 Å². The first-order valence-corrected chi connectivity index (χ1v) is 12.3. The molecule has 1 atom stereocenters. The number of guanidine groups is 1. The zero-order chi connectivity index (χ0) is 22.3. The van der Waals surface area contributed by atoms with Crippen LogP contribution in [0.3, 0.4) is 0 Å². The lowest BCUT2D eigenvalue weighted by atomic mass is 9.88. The smallest absolute Gasteiger partial charge is 0.225 e. The van der Waals surface area contributed by atoms with Gasteiger partial charge in [0.15, 0.2) is 5.96 Å². The van der Waals surface area contributed by atoms with Crippen molar-refractivity contribution in [2.45, 2.75) is 51.1 Å². The van der Waals surface area contributed by atoms with Crippen LogP contribution in [0.2, 0.25) is 0 Å². The Kier molecular flexibility index (Phi) is 10.0. The standard InChI is InChI=1S/C24H39N7O.HI/c1-25-24(28-21-10-12-31(18-21)23(32)19-7-4-3-5-8-19)27-17-20-9-6-11-26-22(20)30-15-13-29(2)14-16-30;/h6,9,11,19,21H,3-5,7-8,10,12-18H2,1-2H3,(H2,25,27,28);1H. The van der Waals surface area contributed by atoms with E-state index in [2.05, 4.69) is 48.4 Å². The van der Waals surface area contributed by atoms with Crippen molar-refractivity contribution in [2.75, 3.05) is 58.3 Å². The summed E-state index contributed by atoms with van der Waals surface area (Å²) in [6.07, 6.45) is 8.66. The second-order valence-electron chi connectivity index (χ2n) is 9.45. The van der Waals surface area contributed by atoms with Gasteiger partial charge in [0.05, 0.1) is 0 Å². The second-order valence-corrected chi connectivity index (χ2v) is 9.45. The predicted octanol–water partition coefficient (Wildman–Crippen LogP) is 2.30. The Morgan fingerprint density at radius 1 is 1.12 bits per heavy atom. The molecule has 3 fully saturated rings. The number of aromatic nitrogens is 1. The Labute approximate surface area is 215 Å². The number of nitrogens with zero attached hydrogens (tertiary/aromatic N) is 5. The molecule has 2 N–H and O–H groups in total. The molecule has 8 nitrogen and oxygen atoms in total. The highest BCUT2D eigenvalue weighted by Gasteiger charge is 2.31. The van der Waals surface area contributed by atoms with E-state index < -0.39 is 0 Å². The van der Waals surface area contributed by atoms with E-state index in [4.69, 9.17) is 0 Å². The molecule has 3 aliphatic rings. The summed E-state index contributed by atoms with van der Waals surface area (Å²) >= 11 is 0. The van der Waals surface area contributed by atoms with Gasteiger partial charge in [-0.2, -0.15) is 0 Å². The molecule has 0 radical (unpaired) electrons. The van der Waals surface area contributed by atoms with Gasteiger partial charge < -0.3 is 25.3 Å². The molecule has 2 aliphatic heterocycles. The van der Waals surface area contributed by atoms with Crippen molar-refractivity contribution < 1.29 is 4.79 Å². The van der Waals surface area contributed by atoms with Crippen molar-refractivity contribution in [1.29, 1.82) is 0 Å². The number of pyridine rings is 1. The number of carbonyl (C=O) groups is 1. The van der Waals surface area contributed by atoms with Gasteiger partial charge in [-0.1, -0.05) is 25.3 Å². The Bertz CT molecular complexity index is 791. The van der Waals surface area contributed by atoms with Crippen LogP contribution in [0.4, 0.5) is 5.82 Å². The van der Waals surface area contributed by atoms with Gasteiger partial charge >= 0.3 is 0 Å². The maximum absolute atomic E-state index is 12.9. The number of rotatable bonds is 5. The van der Waals surface area contributed by atoms with E-state index in [0.29, 0.717) is 12.5 Å². The van der Waals surface area contributed by atoms with Crippen LogP contribution in [0.5, 0.6) is 0 Å². The number of nitrogens with one attached hydrogen (secondary N) is 2. The lowest BCUT2D eigenvalue weighted by Crippen LogP contribution is -2.46. The van der Waals surface area contributed by atoms with Gasteiger partial charge in [-0.3, -0.25) is 9.79 Å². The molecule has 1 amide bonds. The van der Waals surface area contributed by atoms with Crippen molar-refractivity contribution in [1.82, 2.24) is 25.4 Å². The normalized spacial score (nSPS) is 22.7. The highest BCUT2D eigenvalue weighted by atomic mass is 127. The average molecular weight is 570 g/mol. The summed E-state index contributed by atoms with van der Waals surface area (Å²) in [7, 11) is 3.97. The molecule has 1 aliphatic carbocycles. The van der Waals surface area contributed by atoms with Crippen LogP contribution in [-0.2, 0) is 11.3 Å². The van der Waals surface area contributed by atoms with E-state index in [9.17, 15) is 4.79 Å². The lowest BCUT2D eigenvalue weighted by Gasteiger charge is -2.34. The Morgan fingerprint density at radius 3 is 2.61 bits per heavy atom. The van der Waals surface area contributed by atoms with Crippen LogP contribution in [0.15, 0.2) is 23.3 Å². The van der Waals surface area contributed by atoms with Crippen LogP contribution in [0.25, 0.3) is 0 Å². The highest BCUT2D eigenvalue weighted by molar-refractivity contribution is 14.0. The Hall–Kier alpha value is -1.62. The van der Waals surface area contributed by atoms with E-state index >= 15 is 0 Å². The number of hydrogen-bond acceptors (Lipinski definition) is 5. The number of aliphatic imine (C=N–C) groups is 1. The van der Waals surface area contributed by atoms with Crippen LogP contribution in [-0.4, -0.2) is 86.1 Å². The van der Waals surface area contributed by atoms with Gasteiger partial charge in [-0.25, -0.2) is 4.98 Å². The third-order valence-corrected chi connectivity index (χ3v) is 7.14. The molecule has 0 spiro atoms. The SMILES string of the molecule is CN=C(NCc1cccnc1N1CCN(C)CC1)NC1CCN(C(=O)C2CCCCC2)C1.I. The van der Waals surface area contributed by atoms with Crippen LogP contribution in [0.1, 0.15) is 44.1 Å².